The van der Waals surface area contributed by atoms with Gasteiger partial charge < -0.3 is 19.3 Å². The van der Waals surface area contributed by atoms with Gasteiger partial charge in [0, 0.05) is 25.1 Å². The maximum absolute atomic E-state index is 13.3. The van der Waals surface area contributed by atoms with E-state index in [-0.39, 0.29) is 36.9 Å². The summed E-state index contributed by atoms with van der Waals surface area (Å²) >= 11 is 1.73. The number of carbonyl (C=O) groups excluding carboxylic acids is 2. The van der Waals surface area contributed by atoms with E-state index in [0.29, 0.717) is 19.7 Å². The number of thiophene rings is 1. The third-order valence-corrected chi connectivity index (χ3v) is 6.37. The van der Waals surface area contributed by atoms with Crippen molar-refractivity contribution < 1.29 is 19.1 Å². The van der Waals surface area contributed by atoms with E-state index < -0.39 is 0 Å². The fraction of sp³-hybridized carbons (Fsp3) is 0.500. The highest BCUT2D eigenvalue weighted by molar-refractivity contribution is 7.10. The zero-order valence-corrected chi connectivity index (χ0v) is 19.6. The third kappa shape index (κ3) is 6.08. The molecule has 1 aromatic heterocycles. The van der Waals surface area contributed by atoms with E-state index in [4.69, 9.17) is 9.47 Å². The summed E-state index contributed by atoms with van der Waals surface area (Å²) in [6, 6.07) is 9.85. The lowest BCUT2D eigenvalue weighted by Crippen LogP contribution is -2.49. The van der Waals surface area contributed by atoms with Crippen molar-refractivity contribution in [2.75, 3.05) is 40.0 Å². The molecule has 31 heavy (non-hydrogen) atoms. The average Bonchev–Trinajstić information content (AvgIpc) is 3.21. The van der Waals surface area contributed by atoms with Gasteiger partial charge in [-0.25, -0.2) is 0 Å². The number of amides is 2. The number of hydrogen-bond acceptors (Lipinski definition) is 5. The molecule has 3 rings (SSSR count). The number of methoxy groups -OCH3 is 1. The quantitative estimate of drug-likeness (QED) is 0.592. The first-order valence-corrected chi connectivity index (χ1v) is 11.6. The summed E-state index contributed by atoms with van der Waals surface area (Å²) in [6.45, 7) is 7.68. The topological polar surface area (TPSA) is 59.1 Å². The van der Waals surface area contributed by atoms with Crippen molar-refractivity contribution in [2.45, 2.75) is 33.2 Å². The summed E-state index contributed by atoms with van der Waals surface area (Å²) in [6.07, 6.45) is 0.829. The fourth-order valence-corrected chi connectivity index (χ4v) is 4.78. The number of aryl methyl sites for hydroxylation is 1. The van der Waals surface area contributed by atoms with Gasteiger partial charge in [0.05, 0.1) is 12.6 Å². The average molecular weight is 445 g/mol. The maximum Gasteiger partial charge on any atom is 0.249 e. The van der Waals surface area contributed by atoms with Crippen LogP contribution in [-0.2, 0) is 20.7 Å². The number of fused-ring (bicyclic) bond motifs is 1. The van der Waals surface area contributed by atoms with Crippen LogP contribution in [0.25, 0.3) is 0 Å². The van der Waals surface area contributed by atoms with Crippen LogP contribution in [0.4, 0.5) is 0 Å². The molecular weight excluding hydrogens is 412 g/mol. The lowest BCUT2D eigenvalue weighted by atomic mass is 10.0. The third-order valence-electron chi connectivity index (χ3n) is 5.38. The number of benzene rings is 1. The van der Waals surface area contributed by atoms with E-state index in [2.05, 4.69) is 11.4 Å². The standard InChI is InChI=1S/C24H32N2O4S/c1-17(2)13-25(24(28)16-29-4)14-23(27)26-11-9-22-20(10-12-31-22)21(26)15-30-19-7-5-18(3)6-8-19/h5-8,10,12,17,21H,9,11,13-16H2,1-4H3. The molecule has 2 amide bonds. The second kappa shape index (κ2) is 10.8. The molecule has 1 atom stereocenters. The van der Waals surface area contributed by atoms with Crippen LogP contribution in [0, 0.1) is 12.8 Å². The van der Waals surface area contributed by atoms with Gasteiger partial charge in [0.25, 0.3) is 0 Å². The summed E-state index contributed by atoms with van der Waals surface area (Å²) < 4.78 is 11.1. The number of carbonyl (C=O) groups is 2. The van der Waals surface area contributed by atoms with E-state index in [0.717, 1.165) is 17.7 Å². The van der Waals surface area contributed by atoms with Gasteiger partial charge in [0.2, 0.25) is 11.8 Å². The molecule has 1 aromatic carbocycles. The minimum absolute atomic E-state index is 0.0192. The van der Waals surface area contributed by atoms with Crippen molar-refractivity contribution in [2.24, 2.45) is 5.92 Å². The van der Waals surface area contributed by atoms with Gasteiger partial charge in [0.15, 0.2) is 0 Å². The van der Waals surface area contributed by atoms with Gasteiger partial charge in [-0.05, 0) is 48.4 Å². The highest BCUT2D eigenvalue weighted by atomic mass is 32.1. The zero-order valence-electron chi connectivity index (χ0n) is 18.8. The van der Waals surface area contributed by atoms with Gasteiger partial charge >= 0.3 is 0 Å². The molecule has 2 heterocycles. The lowest BCUT2D eigenvalue weighted by Gasteiger charge is -2.37. The Kier molecular flexibility index (Phi) is 8.09. The van der Waals surface area contributed by atoms with E-state index >= 15 is 0 Å². The van der Waals surface area contributed by atoms with Crippen LogP contribution >= 0.6 is 11.3 Å². The van der Waals surface area contributed by atoms with Gasteiger partial charge in [0.1, 0.15) is 19.0 Å². The Labute approximate surface area is 188 Å². The van der Waals surface area contributed by atoms with Crippen molar-refractivity contribution in [3.63, 3.8) is 0 Å². The monoisotopic (exact) mass is 444 g/mol. The van der Waals surface area contributed by atoms with Crippen LogP contribution in [0.15, 0.2) is 35.7 Å². The Morgan fingerprint density at radius 1 is 1.23 bits per heavy atom. The summed E-state index contributed by atoms with van der Waals surface area (Å²) in [5, 5.41) is 2.07. The second-order valence-electron chi connectivity index (χ2n) is 8.38. The highest BCUT2D eigenvalue weighted by Gasteiger charge is 2.33. The molecule has 0 saturated carbocycles. The van der Waals surface area contributed by atoms with Crippen molar-refractivity contribution in [3.8, 4) is 5.75 Å². The Hall–Kier alpha value is -2.38. The molecule has 0 N–H and O–H groups in total. The second-order valence-corrected chi connectivity index (χ2v) is 9.38. The minimum atomic E-state index is -0.165. The molecule has 7 heteroatoms. The van der Waals surface area contributed by atoms with Gasteiger partial charge in [-0.3, -0.25) is 9.59 Å². The first-order valence-electron chi connectivity index (χ1n) is 10.7. The van der Waals surface area contributed by atoms with E-state index in [9.17, 15) is 9.59 Å². The van der Waals surface area contributed by atoms with Crippen LogP contribution in [0.5, 0.6) is 5.75 Å². The van der Waals surface area contributed by atoms with Gasteiger partial charge in [-0.15, -0.1) is 11.3 Å². The molecule has 168 valence electrons. The molecule has 0 fully saturated rings. The fourth-order valence-electron chi connectivity index (χ4n) is 3.85. The molecule has 0 saturated heterocycles. The molecule has 1 aliphatic rings. The predicted octanol–water partition coefficient (Wildman–Crippen LogP) is 3.69. The molecule has 0 spiro atoms. The Morgan fingerprint density at radius 2 is 1.97 bits per heavy atom. The molecule has 2 aromatic rings. The molecule has 0 radical (unpaired) electrons. The number of rotatable bonds is 9. The van der Waals surface area contributed by atoms with Gasteiger partial charge in [-0.2, -0.15) is 0 Å². The lowest BCUT2D eigenvalue weighted by molar-refractivity contribution is -0.145. The molecule has 0 aliphatic carbocycles. The minimum Gasteiger partial charge on any atom is -0.491 e. The molecular formula is C24H32N2O4S. The van der Waals surface area contributed by atoms with Gasteiger partial charge in [-0.1, -0.05) is 31.5 Å². The molecule has 0 bridgehead atoms. The van der Waals surface area contributed by atoms with E-state index in [1.54, 1.807) is 16.2 Å². The molecule has 6 nitrogen and oxygen atoms in total. The molecule has 1 aliphatic heterocycles. The summed E-state index contributed by atoms with van der Waals surface area (Å²) in [5.41, 5.74) is 2.32. The predicted molar refractivity (Wildman–Crippen MR) is 122 cm³/mol. The summed E-state index contributed by atoms with van der Waals surface area (Å²) in [7, 11) is 1.49. The maximum atomic E-state index is 13.3. The Morgan fingerprint density at radius 3 is 2.65 bits per heavy atom. The van der Waals surface area contributed by atoms with Crippen LogP contribution in [0.1, 0.15) is 35.9 Å². The normalized spacial score (nSPS) is 15.6. The Balaban J connectivity index is 1.75. The Bertz CT molecular complexity index is 878. The summed E-state index contributed by atoms with van der Waals surface area (Å²) in [4.78, 5) is 30.6. The van der Waals surface area contributed by atoms with Crippen LogP contribution in [-0.4, -0.2) is 61.6 Å². The molecule has 1 unspecified atom stereocenters. The van der Waals surface area contributed by atoms with Crippen LogP contribution in [0.3, 0.4) is 0 Å². The largest absolute Gasteiger partial charge is 0.491 e. The van der Waals surface area contributed by atoms with Crippen molar-refractivity contribution in [3.05, 3.63) is 51.7 Å². The summed E-state index contributed by atoms with van der Waals surface area (Å²) in [5.74, 6) is 0.834. The number of nitrogens with zero attached hydrogens (tertiary/aromatic N) is 2. The van der Waals surface area contributed by atoms with Crippen LogP contribution < -0.4 is 4.74 Å². The smallest absolute Gasteiger partial charge is 0.249 e. The van der Waals surface area contributed by atoms with E-state index in [1.807, 2.05) is 49.9 Å². The first kappa shape index (κ1) is 23.3. The van der Waals surface area contributed by atoms with Crippen molar-refractivity contribution in [1.82, 2.24) is 9.80 Å². The van der Waals surface area contributed by atoms with Crippen molar-refractivity contribution in [1.29, 1.82) is 0 Å². The van der Waals surface area contributed by atoms with Crippen molar-refractivity contribution >= 4 is 23.2 Å². The SMILES string of the molecule is COCC(=O)N(CC(=O)N1CCc2sccc2C1COc1ccc(C)cc1)CC(C)C. The van der Waals surface area contributed by atoms with Crippen LogP contribution in [0.2, 0.25) is 0 Å². The van der Waals surface area contributed by atoms with E-state index in [1.165, 1.54) is 17.6 Å². The number of hydrogen-bond donors (Lipinski definition) is 0. The number of ether oxygens (including phenoxy) is 2. The first-order chi connectivity index (χ1) is 14.9. The zero-order chi connectivity index (χ0) is 22.4. The highest BCUT2D eigenvalue weighted by Crippen LogP contribution is 2.34.